The molecular weight excluding hydrogens is 190 g/mol. The molecule has 0 aliphatic heterocycles. The summed E-state index contributed by atoms with van der Waals surface area (Å²) < 4.78 is 0. The first-order valence-corrected chi connectivity index (χ1v) is 4.54. The molecule has 15 heavy (non-hydrogen) atoms. The fourth-order valence-electron chi connectivity index (χ4n) is 1.78. The first kappa shape index (κ1) is 8.05. The van der Waals surface area contributed by atoms with Gasteiger partial charge in [-0.05, 0) is 18.2 Å². The van der Waals surface area contributed by atoms with E-state index in [1.165, 1.54) is 0 Å². The molecule has 0 unspecified atom stereocenters. The van der Waals surface area contributed by atoms with Crippen LogP contribution in [-0.4, -0.2) is 15.0 Å². The summed E-state index contributed by atoms with van der Waals surface area (Å²) in [6, 6.07) is 5.73. The molecule has 0 bridgehead atoms. The van der Waals surface area contributed by atoms with E-state index in [1.807, 2.05) is 18.2 Å². The Labute approximate surface area is 85.1 Å². The highest BCUT2D eigenvalue weighted by Gasteiger charge is 2.06. The standard InChI is InChI=1S/C10H9N5/c11-9-6-1-2-7-5(3-4-13-7)8(6)14-10(12)15-9/h1-4H,11H2,(H3,12,14,15). The molecule has 2 heterocycles. The molecule has 0 atom stereocenters. The number of rotatable bonds is 0. The van der Waals surface area contributed by atoms with Crippen molar-refractivity contribution in [1.29, 1.82) is 0 Å². The van der Waals surface area contributed by atoms with Crippen molar-refractivity contribution >= 4 is 33.6 Å². The van der Waals surface area contributed by atoms with Gasteiger partial charge >= 0.3 is 0 Å². The summed E-state index contributed by atoms with van der Waals surface area (Å²) in [6.07, 6.45) is 1.75. The van der Waals surface area contributed by atoms with Crippen LogP contribution in [0.4, 0.5) is 11.8 Å². The predicted molar refractivity (Wildman–Crippen MR) is 60.2 cm³/mol. The van der Waals surface area contributed by atoms with E-state index in [-0.39, 0.29) is 0 Å². The van der Waals surface area contributed by atoms with Gasteiger partial charge in [0.25, 0.3) is 0 Å². The smallest absolute Gasteiger partial charge is 0.199 e. The van der Waals surface area contributed by atoms with Crippen LogP contribution in [0.25, 0.3) is 21.8 Å². The number of H-pyrrole nitrogens is 1. The lowest BCUT2D eigenvalue weighted by Gasteiger charge is -2.04. The maximum Gasteiger partial charge on any atom is 0.199 e. The fourth-order valence-corrected chi connectivity index (χ4v) is 1.78. The summed E-state index contributed by atoms with van der Waals surface area (Å²) in [4.78, 5) is 11.2. The molecule has 0 spiro atoms. The van der Waals surface area contributed by atoms with E-state index in [1.54, 1.807) is 6.20 Å². The average Bonchev–Trinajstić information content (AvgIpc) is 2.65. The summed E-state index contributed by atoms with van der Waals surface area (Å²) in [6.45, 7) is 0. The van der Waals surface area contributed by atoms with Crippen molar-refractivity contribution in [3.63, 3.8) is 0 Å². The highest BCUT2D eigenvalue weighted by molar-refractivity contribution is 6.07. The van der Waals surface area contributed by atoms with Crippen molar-refractivity contribution in [2.75, 3.05) is 11.5 Å². The summed E-state index contributed by atoms with van der Waals surface area (Å²) in [5.41, 5.74) is 13.2. The number of hydrogen-bond donors (Lipinski definition) is 3. The van der Waals surface area contributed by atoms with Crippen molar-refractivity contribution in [3.8, 4) is 0 Å². The van der Waals surface area contributed by atoms with Crippen LogP contribution in [-0.2, 0) is 0 Å². The molecule has 5 N–H and O–H groups in total. The Morgan fingerprint density at radius 2 is 1.93 bits per heavy atom. The van der Waals surface area contributed by atoms with Gasteiger partial charge in [-0.2, -0.15) is 4.98 Å². The van der Waals surface area contributed by atoms with Crippen LogP contribution in [0.5, 0.6) is 0 Å². The van der Waals surface area contributed by atoms with E-state index in [0.29, 0.717) is 11.8 Å². The molecule has 0 saturated carbocycles. The number of aromatic nitrogens is 3. The molecule has 1 aromatic carbocycles. The van der Waals surface area contributed by atoms with Crippen molar-refractivity contribution in [2.45, 2.75) is 0 Å². The fraction of sp³-hybridized carbons (Fsp3) is 0. The van der Waals surface area contributed by atoms with Crippen LogP contribution in [0.3, 0.4) is 0 Å². The first-order valence-electron chi connectivity index (χ1n) is 4.54. The molecule has 74 valence electrons. The van der Waals surface area contributed by atoms with Gasteiger partial charge in [0, 0.05) is 17.0 Å². The molecule has 0 aliphatic carbocycles. The molecule has 2 aromatic heterocycles. The predicted octanol–water partition coefficient (Wildman–Crippen LogP) is 1.28. The van der Waals surface area contributed by atoms with Gasteiger partial charge in [0.05, 0.1) is 11.0 Å². The van der Waals surface area contributed by atoms with Gasteiger partial charge in [0.1, 0.15) is 5.82 Å². The first-order chi connectivity index (χ1) is 7.25. The van der Waals surface area contributed by atoms with Crippen molar-refractivity contribution in [2.24, 2.45) is 0 Å². The molecule has 5 heteroatoms. The quantitative estimate of drug-likeness (QED) is 0.508. The number of fused-ring (bicyclic) bond motifs is 3. The zero-order chi connectivity index (χ0) is 10.4. The van der Waals surface area contributed by atoms with E-state index >= 15 is 0 Å². The lowest BCUT2D eigenvalue weighted by molar-refractivity contribution is 1.25. The normalized spacial score (nSPS) is 11.2. The van der Waals surface area contributed by atoms with Crippen LogP contribution in [0.2, 0.25) is 0 Å². The Morgan fingerprint density at radius 3 is 2.80 bits per heavy atom. The van der Waals surface area contributed by atoms with Crippen LogP contribution in [0.1, 0.15) is 0 Å². The zero-order valence-corrected chi connectivity index (χ0v) is 7.86. The zero-order valence-electron chi connectivity index (χ0n) is 7.86. The molecule has 3 rings (SSSR count). The Balaban J connectivity index is 2.61. The molecular formula is C10H9N5. The van der Waals surface area contributed by atoms with Gasteiger partial charge in [0.2, 0.25) is 0 Å². The number of nitrogens with two attached hydrogens (primary N) is 2. The SMILES string of the molecule is Nc1nc(N)c2ccc3nccc3c2[nH]1. The molecule has 0 saturated heterocycles. The van der Waals surface area contributed by atoms with Crippen LogP contribution in [0, 0.1) is 0 Å². The van der Waals surface area contributed by atoms with E-state index in [4.69, 9.17) is 11.5 Å². The van der Waals surface area contributed by atoms with Crippen LogP contribution in [0.15, 0.2) is 24.4 Å². The molecule has 0 fully saturated rings. The summed E-state index contributed by atoms with van der Waals surface area (Å²) in [5, 5.41) is 1.87. The van der Waals surface area contributed by atoms with E-state index in [2.05, 4.69) is 15.0 Å². The number of nitrogen functional groups attached to an aromatic ring is 2. The van der Waals surface area contributed by atoms with Gasteiger partial charge in [-0.25, -0.2) is 0 Å². The molecule has 0 radical (unpaired) electrons. The van der Waals surface area contributed by atoms with Gasteiger partial charge < -0.3 is 16.5 Å². The maximum atomic E-state index is 5.79. The second-order valence-corrected chi connectivity index (χ2v) is 3.37. The largest absolute Gasteiger partial charge is 0.383 e. The topological polar surface area (TPSA) is 93.6 Å². The minimum absolute atomic E-state index is 0.314. The number of nitrogens with zero attached hydrogens (tertiary/aromatic N) is 2. The van der Waals surface area contributed by atoms with E-state index < -0.39 is 0 Å². The minimum atomic E-state index is 0.314. The second kappa shape index (κ2) is 2.60. The lowest BCUT2D eigenvalue weighted by Crippen LogP contribution is -2.00. The third-order valence-corrected chi connectivity index (χ3v) is 2.45. The number of hydrogen-bond acceptors (Lipinski definition) is 4. The average molecular weight is 199 g/mol. The number of benzene rings is 1. The number of aromatic amines is 1. The van der Waals surface area contributed by atoms with Crippen molar-refractivity contribution in [3.05, 3.63) is 24.4 Å². The highest BCUT2D eigenvalue weighted by Crippen LogP contribution is 2.26. The third kappa shape index (κ3) is 1.03. The van der Waals surface area contributed by atoms with E-state index in [0.717, 1.165) is 21.8 Å². The van der Waals surface area contributed by atoms with Crippen LogP contribution < -0.4 is 11.5 Å². The van der Waals surface area contributed by atoms with Gasteiger partial charge in [-0.3, -0.25) is 4.98 Å². The number of anilines is 2. The van der Waals surface area contributed by atoms with Crippen LogP contribution >= 0.6 is 0 Å². The Hall–Kier alpha value is -2.30. The summed E-state index contributed by atoms with van der Waals surface area (Å²) >= 11 is 0. The highest BCUT2D eigenvalue weighted by atomic mass is 15.0. The minimum Gasteiger partial charge on any atom is -0.383 e. The summed E-state index contributed by atoms with van der Waals surface area (Å²) in [7, 11) is 0. The van der Waals surface area contributed by atoms with Gasteiger partial charge in [-0.15, -0.1) is 0 Å². The number of nitrogens with one attached hydrogen (secondary N) is 1. The molecule has 3 aromatic rings. The van der Waals surface area contributed by atoms with Crippen molar-refractivity contribution in [1.82, 2.24) is 15.0 Å². The summed E-state index contributed by atoms with van der Waals surface area (Å²) in [5.74, 6) is 0.748. The second-order valence-electron chi connectivity index (χ2n) is 3.37. The lowest BCUT2D eigenvalue weighted by atomic mass is 10.1. The Kier molecular flexibility index (Phi) is 1.39. The Morgan fingerprint density at radius 1 is 1.07 bits per heavy atom. The molecule has 5 nitrogen and oxygen atoms in total. The van der Waals surface area contributed by atoms with Gasteiger partial charge in [-0.1, -0.05) is 0 Å². The van der Waals surface area contributed by atoms with E-state index in [9.17, 15) is 0 Å². The Bertz CT molecular complexity index is 655. The third-order valence-electron chi connectivity index (χ3n) is 2.45. The molecule has 0 aliphatic rings. The monoisotopic (exact) mass is 199 g/mol. The van der Waals surface area contributed by atoms with Gasteiger partial charge in [0.15, 0.2) is 5.95 Å². The maximum absolute atomic E-state index is 5.79. The van der Waals surface area contributed by atoms with Crippen molar-refractivity contribution < 1.29 is 0 Å². The molecule has 0 amide bonds.